The molecule has 1 heterocycles. The van der Waals surface area contributed by atoms with E-state index in [9.17, 15) is 18.6 Å². The summed E-state index contributed by atoms with van der Waals surface area (Å²) in [6.45, 7) is 3.13. The van der Waals surface area contributed by atoms with Gasteiger partial charge < -0.3 is 19.1 Å². The largest absolute Gasteiger partial charge is 0.493 e. The Morgan fingerprint density at radius 1 is 1.07 bits per heavy atom. The monoisotopic (exact) mass is 437 g/mol. The number of ether oxygens (including phenoxy) is 1. The van der Waals surface area contributed by atoms with Crippen LogP contribution in [-0.4, -0.2) is 54.3 Å². The van der Waals surface area contributed by atoms with Crippen LogP contribution in [0.3, 0.4) is 0 Å². The van der Waals surface area contributed by atoms with Crippen LogP contribution in [0.15, 0.2) is 48.5 Å². The van der Waals surface area contributed by atoms with Gasteiger partial charge in [0.2, 0.25) is 0 Å². The van der Waals surface area contributed by atoms with Crippen LogP contribution in [0.4, 0.5) is 0 Å². The van der Waals surface area contributed by atoms with E-state index in [4.69, 9.17) is 9.29 Å². The highest BCUT2D eigenvalue weighted by atomic mass is 32.3. The van der Waals surface area contributed by atoms with Gasteiger partial charge in [0.15, 0.2) is 11.5 Å². The van der Waals surface area contributed by atoms with Crippen LogP contribution in [-0.2, 0) is 16.0 Å². The molecule has 2 aromatic rings. The SMILES string of the molecule is COc1cc([C@H](O)[C@H](C)N2CCC(O)(c3ccccc3)CC2)ccc1OS(=O)(=O)O. The van der Waals surface area contributed by atoms with Crippen molar-refractivity contribution in [3.63, 3.8) is 0 Å². The number of aliphatic hydroxyl groups is 2. The van der Waals surface area contributed by atoms with Crippen molar-refractivity contribution >= 4 is 10.4 Å². The average molecular weight is 438 g/mol. The molecule has 1 aliphatic rings. The smallest absolute Gasteiger partial charge is 0.446 e. The Labute approximate surface area is 176 Å². The van der Waals surface area contributed by atoms with Crippen LogP contribution in [0.5, 0.6) is 11.5 Å². The van der Waals surface area contributed by atoms with E-state index in [0.717, 1.165) is 5.56 Å². The van der Waals surface area contributed by atoms with Crippen LogP contribution in [0.1, 0.15) is 37.0 Å². The molecule has 0 aliphatic carbocycles. The number of hydrogen-bond acceptors (Lipinski definition) is 7. The third kappa shape index (κ3) is 5.11. The Hall–Kier alpha value is -2.17. The number of rotatable bonds is 7. The summed E-state index contributed by atoms with van der Waals surface area (Å²) in [6, 6.07) is 13.7. The highest BCUT2D eigenvalue weighted by Gasteiger charge is 2.36. The first-order valence-corrected chi connectivity index (χ1v) is 11.0. The van der Waals surface area contributed by atoms with Gasteiger partial charge in [0.05, 0.1) is 18.8 Å². The van der Waals surface area contributed by atoms with E-state index >= 15 is 0 Å². The fourth-order valence-electron chi connectivity index (χ4n) is 3.87. The van der Waals surface area contributed by atoms with Gasteiger partial charge in [0, 0.05) is 19.1 Å². The van der Waals surface area contributed by atoms with Crippen molar-refractivity contribution in [2.75, 3.05) is 20.2 Å². The highest BCUT2D eigenvalue weighted by molar-refractivity contribution is 7.81. The molecule has 1 aliphatic heterocycles. The van der Waals surface area contributed by atoms with E-state index < -0.39 is 22.1 Å². The van der Waals surface area contributed by atoms with E-state index in [1.54, 1.807) is 0 Å². The van der Waals surface area contributed by atoms with Gasteiger partial charge in [0.1, 0.15) is 0 Å². The number of piperidine rings is 1. The van der Waals surface area contributed by atoms with E-state index in [2.05, 4.69) is 9.08 Å². The second kappa shape index (κ2) is 8.91. The quantitative estimate of drug-likeness (QED) is 0.565. The molecule has 1 fully saturated rings. The van der Waals surface area contributed by atoms with Gasteiger partial charge in [-0.3, -0.25) is 9.45 Å². The van der Waals surface area contributed by atoms with Crippen molar-refractivity contribution in [2.24, 2.45) is 0 Å². The molecular weight excluding hydrogens is 410 g/mol. The van der Waals surface area contributed by atoms with Gasteiger partial charge in [-0.1, -0.05) is 36.4 Å². The number of hydrogen-bond donors (Lipinski definition) is 3. The molecule has 0 unspecified atom stereocenters. The first-order valence-electron chi connectivity index (χ1n) is 9.68. The Kier molecular flexibility index (Phi) is 6.68. The molecule has 0 aromatic heterocycles. The maximum atomic E-state index is 11.0. The molecule has 9 heteroatoms. The van der Waals surface area contributed by atoms with Crippen molar-refractivity contribution in [2.45, 2.75) is 37.5 Å². The lowest BCUT2D eigenvalue weighted by Gasteiger charge is -2.42. The van der Waals surface area contributed by atoms with E-state index in [1.807, 2.05) is 37.3 Å². The summed E-state index contributed by atoms with van der Waals surface area (Å²) in [5, 5.41) is 21.9. The molecule has 164 valence electrons. The fraction of sp³-hybridized carbons (Fsp3) is 0.429. The van der Waals surface area contributed by atoms with Gasteiger partial charge in [-0.2, -0.15) is 8.42 Å². The number of nitrogens with zero attached hydrogens (tertiary/aromatic N) is 1. The highest BCUT2D eigenvalue weighted by Crippen LogP contribution is 2.36. The van der Waals surface area contributed by atoms with Gasteiger partial charge in [-0.15, -0.1) is 0 Å². The van der Waals surface area contributed by atoms with E-state index in [1.165, 1.54) is 25.3 Å². The van der Waals surface area contributed by atoms with Crippen molar-refractivity contribution in [1.29, 1.82) is 0 Å². The minimum absolute atomic E-state index is 0.0773. The molecule has 0 amide bonds. The van der Waals surface area contributed by atoms with Crippen molar-refractivity contribution < 1.29 is 32.1 Å². The molecule has 0 spiro atoms. The number of methoxy groups -OCH3 is 1. The predicted octanol–water partition coefficient (Wildman–Crippen LogP) is 2.28. The molecule has 0 saturated carbocycles. The Bertz CT molecular complexity index is 957. The summed E-state index contributed by atoms with van der Waals surface area (Å²) < 4.78 is 40.4. The van der Waals surface area contributed by atoms with Gasteiger partial charge >= 0.3 is 10.4 Å². The molecule has 0 radical (unpaired) electrons. The molecule has 8 nitrogen and oxygen atoms in total. The average Bonchev–Trinajstić information content (AvgIpc) is 2.73. The number of likely N-dealkylation sites (tertiary alicyclic amines) is 1. The van der Waals surface area contributed by atoms with Crippen LogP contribution in [0, 0.1) is 0 Å². The predicted molar refractivity (Wildman–Crippen MR) is 111 cm³/mol. The summed E-state index contributed by atoms with van der Waals surface area (Å²) in [4.78, 5) is 2.11. The zero-order valence-corrected chi connectivity index (χ0v) is 17.7. The normalized spacial score (nSPS) is 19.1. The number of aliphatic hydroxyl groups excluding tert-OH is 1. The lowest BCUT2D eigenvalue weighted by atomic mass is 9.83. The van der Waals surface area contributed by atoms with Crippen LogP contribution < -0.4 is 8.92 Å². The Balaban J connectivity index is 1.69. The van der Waals surface area contributed by atoms with Crippen molar-refractivity contribution in [3.05, 3.63) is 59.7 Å². The molecule has 3 N–H and O–H groups in total. The summed E-state index contributed by atoms with van der Waals surface area (Å²) in [6.07, 6.45) is 0.235. The van der Waals surface area contributed by atoms with Crippen LogP contribution in [0.2, 0.25) is 0 Å². The minimum atomic E-state index is -4.68. The fourth-order valence-corrected chi connectivity index (χ4v) is 4.23. The van der Waals surface area contributed by atoms with Crippen LogP contribution >= 0.6 is 0 Å². The maximum Gasteiger partial charge on any atom is 0.446 e. The van der Waals surface area contributed by atoms with Crippen molar-refractivity contribution in [1.82, 2.24) is 4.90 Å². The summed E-state index contributed by atoms with van der Waals surface area (Å²) in [5.41, 5.74) is 0.545. The van der Waals surface area contributed by atoms with Crippen molar-refractivity contribution in [3.8, 4) is 11.5 Å². The van der Waals surface area contributed by atoms with E-state index in [-0.39, 0.29) is 17.5 Å². The summed E-state index contributed by atoms with van der Waals surface area (Å²) in [7, 11) is -3.35. The first-order chi connectivity index (χ1) is 14.1. The zero-order chi connectivity index (χ0) is 21.9. The Morgan fingerprint density at radius 2 is 1.70 bits per heavy atom. The standard InChI is InChI=1S/C21H27NO7S/c1-15(22-12-10-21(24,11-13-22)17-6-4-3-5-7-17)20(23)16-8-9-18(19(14-16)28-2)29-30(25,26)27/h3-9,14-15,20,23-24H,10-13H2,1-2H3,(H,25,26,27)/t15-,20+/m0/s1. The lowest BCUT2D eigenvalue weighted by Crippen LogP contribution is -2.47. The maximum absolute atomic E-state index is 11.0. The molecule has 30 heavy (non-hydrogen) atoms. The third-order valence-corrected chi connectivity index (χ3v) is 6.08. The third-order valence-electron chi connectivity index (χ3n) is 5.69. The molecule has 2 atom stereocenters. The number of benzene rings is 2. The molecule has 2 aromatic carbocycles. The van der Waals surface area contributed by atoms with Gasteiger partial charge in [-0.05, 0) is 43.0 Å². The van der Waals surface area contributed by atoms with Gasteiger partial charge in [0.25, 0.3) is 0 Å². The van der Waals surface area contributed by atoms with Crippen LogP contribution in [0.25, 0.3) is 0 Å². The molecule has 1 saturated heterocycles. The second-order valence-corrected chi connectivity index (χ2v) is 8.56. The first kappa shape index (κ1) is 22.5. The molecule has 3 rings (SSSR count). The summed E-state index contributed by atoms with van der Waals surface area (Å²) >= 11 is 0. The summed E-state index contributed by atoms with van der Waals surface area (Å²) in [5.74, 6) is -0.0945. The van der Waals surface area contributed by atoms with E-state index in [0.29, 0.717) is 31.5 Å². The zero-order valence-electron chi connectivity index (χ0n) is 16.9. The molecule has 0 bridgehead atoms. The Morgan fingerprint density at radius 3 is 2.27 bits per heavy atom. The second-order valence-electron chi connectivity index (χ2n) is 7.54. The van der Waals surface area contributed by atoms with Gasteiger partial charge in [-0.25, -0.2) is 0 Å². The lowest BCUT2D eigenvalue weighted by molar-refractivity contribution is -0.0501. The minimum Gasteiger partial charge on any atom is -0.493 e. The topological polar surface area (TPSA) is 117 Å². The molecular formula is C21H27NO7S.